The van der Waals surface area contributed by atoms with E-state index in [0.717, 1.165) is 12.7 Å². The number of rotatable bonds is 2. The summed E-state index contributed by atoms with van der Waals surface area (Å²) in [7, 11) is 0. The van der Waals surface area contributed by atoms with E-state index in [9.17, 15) is 9.59 Å². The quantitative estimate of drug-likeness (QED) is 0.873. The number of aromatic carboxylic acids is 1. The summed E-state index contributed by atoms with van der Waals surface area (Å²) in [6.45, 7) is 5.63. The lowest BCUT2D eigenvalue weighted by Crippen LogP contribution is -2.42. The molecule has 1 aromatic heterocycles. The van der Waals surface area contributed by atoms with E-state index in [0.29, 0.717) is 24.9 Å². The van der Waals surface area contributed by atoms with Gasteiger partial charge in [0.25, 0.3) is 5.91 Å². The number of carbonyl (C=O) groups is 2. The molecule has 1 aromatic rings. The van der Waals surface area contributed by atoms with Crippen LogP contribution in [0.2, 0.25) is 0 Å². The zero-order chi connectivity index (χ0) is 13.3. The maximum absolute atomic E-state index is 12.2. The Balaban J connectivity index is 2.12. The lowest BCUT2D eigenvalue weighted by atomic mass is 9.92. The molecule has 1 N–H and O–H groups in total. The van der Waals surface area contributed by atoms with Gasteiger partial charge in [-0.25, -0.2) is 4.79 Å². The van der Waals surface area contributed by atoms with E-state index in [1.165, 1.54) is 6.07 Å². The molecule has 0 spiro atoms. The second-order valence-corrected chi connectivity index (χ2v) is 5.16. The van der Waals surface area contributed by atoms with Crippen molar-refractivity contribution in [2.24, 2.45) is 11.8 Å². The number of hydrogen-bond donors (Lipinski definition) is 1. The molecule has 1 amide bonds. The monoisotopic (exact) mass is 251 g/mol. The topological polar surface area (TPSA) is 70.8 Å². The fraction of sp³-hybridized carbons (Fsp3) is 0.538. The minimum absolute atomic E-state index is 0.0106. The molecule has 2 rings (SSSR count). The van der Waals surface area contributed by atoms with Gasteiger partial charge in [-0.3, -0.25) is 4.79 Å². The predicted molar refractivity (Wildman–Crippen MR) is 64.5 cm³/mol. The van der Waals surface area contributed by atoms with Crippen LogP contribution in [-0.2, 0) is 0 Å². The van der Waals surface area contributed by atoms with Crippen molar-refractivity contribution >= 4 is 11.9 Å². The molecule has 5 nitrogen and oxygen atoms in total. The Labute approximate surface area is 105 Å². The van der Waals surface area contributed by atoms with Gasteiger partial charge in [0.2, 0.25) is 0 Å². The van der Waals surface area contributed by atoms with Crippen LogP contribution < -0.4 is 0 Å². The van der Waals surface area contributed by atoms with Gasteiger partial charge in [-0.2, -0.15) is 0 Å². The summed E-state index contributed by atoms with van der Waals surface area (Å²) >= 11 is 0. The minimum Gasteiger partial charge on any atom is -0.478 e. The Morgan fingerprint density at radius 2 is 1.94 bits per heavy atom. The van der Waals surface area contributed by atoms with E-state index in [1.54, 1.807) is 4.90 Å². The smallest absolute Gasteiger partial charge is 0.338 e. The van der Waals surface area contributed by atoms with Gasteiger partial charge in [-0.1, -0.05) is 13.8 Å². The summed E-state index contributed by atoms with van der Waals surface area (Å²) in [5.74, 6) is -0.272. The molecular formula is C13H17NO4. The maximum atomic E-state index is 12.2. The number of nitrogens with zero attached hydrogens (tertiary/aromatic N) is 1. The Morgan fingerprint density at radius 1 is 1.33 bits per heavy atom. The first-order chi connectivity index (χ1) is 8.47. The molecule has 2 unspecified atom stereocenters. The van der Waals surface area contributed by atoms with Crippen LogP contribution in [0.5, 0.6) is 0 Å². The van der Waals surface area contributed by atoms with Gasteiger partial charge >= 0.3 is 5.97 Å². The highest BCUT2D eigenvalue weighted by atomic mass is 16.4. The molecule has 0 aromatic carbocycles. The number of carboxylic acids is 1. The van der Waals surface area contributed by atoms with Crippen LogP contribution in [0.25, 0.3) is 0 Å². The molecule has 18 heavy (non-hydrogen) atoms. The Bertz CT molecular complexity index is 455. The van der Waals surface area contributed by atoms with E-state index in [-0.39, 0.29) is 17.2 Å². The van der Waals surface area contributed by atoms with E-state index >= 15 is 0 Å². The minimum atomic E-state index is -1.09. The van der Waals surface area contributed by atoms with Crippen molar-refractivity contribution in [1.82, 2.24) is 4.90 Å². The van der Waals surface area contributed by atoms with Gasteiger partial charge in [0.15, 0.2) is 5.76 Å². The molecule has 2 atom stereocenters. The number of amides is 1. The largest absolute Gasteiger partial charge is 0.478 e. The van der Waals surface area contributed by atoms with Gasteiger partial charge < -0.3 is 14.4 Å². The van der Waals surface area contributed by atoms with Gasteiger partial charge in [-0.05, 0) is 18.3 Å². The lowest BCUT2D eigenvalue weighted by molar-refractivity contribution is 0.0591. The lowest BCUT2D eigenvalue weighted by Gasteiger charge is -2.34. The van der Waals surface area contributed by atoms with Crippen molar-refractivity contribution in [3.05, 3.63) is 23.7 Å². The Hall–Kier alpha value is -1.78. The van der Waals surface area contributed by atoms with Gasteiger partial charge in [0.1, 0.15) is 6.26 Å². The highest BCUT2D eigenvalue weighted by Crippen LogP contribution is 2.23. The molecule has 1 aliphatic heterocycles. The van der Waals surface area contributed by atoms with Crippen LogP contribution in [0.1, 0.15) is 41.2 Å². The molecule has 0 bridgehead atoms. The van der Waals surface area contributed by atoms with Crippen LogP contribution >= 0.6 is 0 Å². The van der Waals surface area contributed by atoms with Crippen molar-refractivity contribution in [1.29, 1.82) is 0 Å². The summed E-state index contributed by atoms with van der Waals surface area (Å²) in [5.41, 5.74) is 0.0106. The van der Waals surface area contributed by atoms with Crippen LogP contribution in [0.15, 0.2) is 16.7 Å². The van der Waals surface area contributed by atoms with Crippen LogP contribution in [0.4, 0.5) is 0 Å². The number of carbonyl (C=O) groups excluding carboxylic acids is 1. The molecule has 0 radical (unpaired) electrons. The molecule has 5 heteroatoms. The molecule has 0 aliphatic carbocycles. The first-order valence-corrected chi connectivity index (χ1v) is 6.08. The predicted octanol–water partition coefficient (Wildman–Crippen LogP) is 2.10. The Kier molecular flexibility index (Phi) is 3.41. The highest BCUT2D eigenvalue weighted by Gasteiger charge is 2.28. The van der Waals surface area contributed by atoms with E-state index in [2.05, 4.69) is 13.8 Å². The van der Waals surface area contributed by atoms with Gasteiger partial charge in [0.05, 0.1) is 5.56 Å². The van der Waals surface area contributed by atoms with Crippen molar-refractivity contribution < 1.29 is 19.1 Å². The molecule has 2 heterocycles. The summed E-state index contributed by atoms with van der Waals surface area (Å²) in [6.07, 6.45) is 2.22. The van der Waals surface area contributed by atoms with E-state index in [1.807, 2.05) is 0 Å². The standard InChI is InChI=1S/C13H17NO4/c1-8-3-9(2)6-14(5-8)12(15)11-4-10(7-18-11)13(16)17/h4,7-9H,3,5-6H2,1-2H3,(H,16,17). The summed E-state index contributed by atoms with van der Waals surface area (Å²) in [6, 6.07) is 1.29. The van der Waals surface area contributed by atoms with Gasteiger partial charge in [0, 0.05) is 19.2 Å². The zero-order valence-electron chi connectivity index (χ0n) is 10.5. The summed E-state index contributed by atoms with van der Waals surface area (Å²) < 4.78 is 5.04. The second-order valence-electron chi connectivity index (χ2n) is 5.16. The molecule has 98 valence electrons. The number of furan rings is 1. The zero-order valence-corrected chi connectivity index (χ0v) is 10.5. The average molecular weight is 251 g/mol. The fourth-order valence-corrected chi connectivity index (χ4v) is 2.55. The van der Waals surface area contributed by atoms with E-state index < -0.39 is 5.97 Å². The third-order valence-electron chi connectivity index (χ3n) is 3.21. The number of piperidine rings is 1. The van der Waals surface area contributed by atoms with Crippen molar-refractivity contribution in [3.8, 4) is 0 Å². The van der Waals surface area contributed by atoms with Crippen LogP contribution in [0.3, 0.4) is 0 Å². The highest BCUT2D eigenvalue weighted by molar-refractivity contribution is 5.95. The molecule has 1 fully saturated rings. The molecule has 1 aliphatic rings. The molecular weight excluding hydrogens is 234 g/mol. The molecule has 0 saturated carbocycles. The van der Waals surface area contributed by atoms with Crippen LogP contribution in [-0.4, -0.2) is 35.0 Å². The third kappa shape index (κ3) is 2.55. The SMILES string of the molecule is CC1CC(C)CN(C(=O)c2cc(C(=O)O)co2)C1. The summed E-state index contributed by atoms with van der Waals surface area (Å²) in [4.78, 5) is 24.6. The van der Waals surface area contributed by atoms with Crippen molar-refractivity contribution in [2.45, 2.75) is 20.3 Å². The van der Waals surface area contributed by atoms with Gasteiger partial charge in [-0.15, -0.1) is 0 Å². The van der Waals surface area contributed by atoms with E-state index in [4.69, 9.17) is 9.52 Å². The maximum Gasteiger partial charge on any atom is 0.338 e. The first-order valence-electron chi connectivity index (χ1n) is 6.08. The first kappa shape index (κ1) is 12.7. The fourth-order valence-electron chi connectivity index (χ4n) is 2.55. The third-order valence-corrected chi connectivity index (χ3v) is 3.21. The number of hydrogen-bond acceptors (Lipinski definition) is 3. The summed E-state index contributed by atoms with van der Waals surface area (Å²) in [5, 5.41) is 8.79. The van der Waals surface area contributed by atoms with Crippen LogP contribution in [0, 0.1) is 11.8 Å². The second kappa shape index (κ2) is 4.84. The average Bonchev–Trinajstić information content (AvgIpc) is 2.75. The number of likely N-dealkylation sites (tertiary alicyclic amines) is 1. The van der Waals surface area contributed by atoms with Crippen molar-refractivity contribution in [2.75, 3.05) is 13.1 Å². The number of carboxylic acid groups (broad SMARTS) is 1. The molecule has 1 saturated heterocycles. The normalized spacial score (nSPS) is 24.0. The van der Waals surface area contributed by atoms with Crippen molar-refractivity contribution in [3.63, 3.8) is 0 Å². The Morgan fingerprint density at radius 3 is 2.44 bits per heavy atom.